The van der Waals surface area contributed by atoms with Gasteiger partial charge in [-0.1, -0.05) is 73.7 Å². The molecule has 3 aromatic carbocycles. The molecule has 0 saturated carbocycles. The van der Waals surface area contributed by atoms with Crippen LogP contribution in [0.5, 0.6) is 5.75 Å². The molecule has 0 bridgehead atoms. The number of rotatable bonds is 10. The zero-order valence-electron chi connectivity index (χ0n) is 20.8. The molecule has 1 amide bonds. The normalized spacial score (nSPS) is 13.6. The Morgan fingerprint density at radius 1 is 0.889 bits per heavy atom. The highest BCUT2D eigenvalue weighted by Crippen LogP contribution is 2.49. The Morgan fingerprint density at radius 2 is 1.64 bits per heavy atom. The van der Waals surface area contributed by atoms with Gasteiger partial charge in [-0.2, -0.15) is 0 Å². The summed E-state index contributed by atoms with van der Waals surface area (Å²) in [6, 6.07) is 24.5. The maximum atomic E-state index is 12.1. The van der Waals surface area contributed by atoms with Crippen LogP contribution in [-0.2, 0) is 20.7 Å². The van der Waals surface area contributed by atoms with E-state index in [-0.39, 0.29) is 19.6 Å². The number of esters is 1. The number of carbonyl (C=O) groups is 2. The van der Waals surface area contributed by atoms with E-state index in [9.17, 15) is 9.59 Å². The number of carbonyl (C=O) groups excluding carboxylic acids is 2. The van der Waals surface area contributed by atoms with Crippen molar-refractivity contribution in [3.05, 3.63) is 106 Å². The number of benzene rings is 3. The van der Waals surface area contributed by atoms with Crippen LogP contribution in [0.3, 0.4) is 0 Å². The minimum atomic E-state index is -0.435. The third kappa shape index (κ3) is 5.57. The molecule has 0 fully saturated rings. The Morgan fingerprint density at radius 3 is 2.36 bits per heavy atom. The average molecular weight is 482 g/mol. The molecule has 2 N–H and O–H groups in total. The van der Waals surface area contributed by atoms with Crippen LogP contribution in [0.4, 0.5) is 0 Å². The summed E-state index contributed by atoms with van der Waals surface area (Å²) in [6.45, 7) is 3.92. The molecule has 0 radical (unpaired) electrons. The summed E-state index contributed by atoms with van der Waals surface area (Å²) in [4.78, 5) is 24.0. The van der Waals surface area contributed by atoms with Crippen LogP contribution in [0, 0.1) is 0 Å². The highest BCUT2D eigenvalue weighted by molar-refractivity contribution is 6.09. The summed E-state index contributed by atoms with van der Waals surface area (Å²) in [5.41, 5.74) is 14.0. The largest absolute Gasteiger partial charge is 0.481 e. The maximum Gasteiger partial charge on any atom is 0.344 e. The number of allylic oxidation sites excluding steroid dienone is 2. The first-order chi connectivity index (χ1) is 17.5. The first-order valence-corrected chi connectivity index (χ1v) is 12.3. The molecule has 0 aliphatic heterocycles. The molecule has 0 spiro atoms. The number of fused-ring (bicyclic) bond motifs is 1. The molecule has 0 saturated heterocycles. The SMILES string of the molecule is CCOC(=O)COc1cccc2c1C(CC(N)=O)=C(CC)/C2=C/c1ccccc1Cc1ccccc1. The van der Waals surface area contributed by atoms with Crippen molar-refractivity contribution in [1.29, 1.82) is 0 Å². The van der Waals surface area contributed by atoms with E-state index in [4.69, 9.17) is 15.2 Å². The number of ether oxygens (including phenoxy) is 2. The van der Waals surface area contributed by atoms with E-state index >= 15 is 0 Å². The number of amides is 1. The summed E-state index contributed by atoms with van der Waals surface area (Å²) in [5.74, 6) is -0.300. The quantitative estimate of drug-likeness (QED) is 0.371. The number of nitrogens with two attached hydrogens (primary N) is 1. The van der Waals surface area contributed by atoms with E-state index in [0.29, 0.717) is 5.75 Å². The molecule has 3 aromatic rings. The molecule has 0 aromatic heterocycles. The van der Waals surface area contributed by atoms with E-state index in [0.717, 1.165) is 46.3 Å². The van der Waals surface area contributed by atoms with Crippen LogP contribution < -0.4 is 10.5 Å². The van der Waals surface area contributed by atoms with Crippen molar-refractivity contribution in [2.24, 2.45) is 5.73 Å². The lowest BCUT2D eigenvalue weighted by atomic mass is 9.94. The second-order valence-corrected chi connectivity index (χ2v) is 8.65. The molecule has 4 rings (SSSR count). The molecular formula is C31H31NO4. The predicted octanol–water partition coefficient (Wildman–Crippen LogP) is 5.81. The first-order valence-electron chi connectivity index (χ1n) is 12.3. The maximum absolute atomic E-state index is 12.1. The van der Waals surface area contributed by atoms with E-state index in [1.165, 1.54) is 11.1 Å². The lowest BCUT2D eigenvalue weighted by molar-refractivity contribution is -0.145. The van der Waals surface area contributed by atoms with E-state index in [1.54, 1.807) is 6.92 Å². The number of hydrogen-bond acceptors (Lipinski definition) is 4. The van der Waals surface area contributed by atoms with Gasteiger partial charge in [-0.15, -0.1) is 0 Å². The fraction of sp³-hybridized carbons (Fsp3) is 0.226. The topological polar surface area (TPSA) is 78.6 Å². The highest BCUT2D eigenvalue weighted by atomic mass is 16.6. The van der Waals surface area contributed by atoms with Crippen molar-refractivity contribution in [3.63, 3.8) is 0 Å². The molecule has 0 unspecified atom stereocenters. The van der Waals surface area contributed by atoms with Gasteiger partial charge in [-0.05, 0) is 70.9 Å². The van der Waals surface area contributed by atoms with Gasteiger partial charge in [0.05, 0.1) is 13.0 Å². The molecule has 184 valence electrons. The van der Waals surface area contributed by atoms with Gasteiger partial charge in [0.1, 0.15) is 5.75 Å². The molecule has 1 aliphatic rings. The van der Waals surface area contributed by atoms with Crippen LogP contribution in [0.1, 0.15) is 54.5 Å². The standard InChI is InChI=1S/C31H31NO4/c1-3-24-26(18-23-14-9-8-13-22(23)17-21-11-6-5-7-12-21)25-15-10-16-28(36-20-30(34)35-4-2)31(25)27(24)19-29(32)33/h5-16,18H,3-4,17,19-20H2,1-2H3,(H2,32,33)/b26-18-. The third-order valence-corrected chi connectivity index (χ3v) is 6.26. The van der Waals surface area contributed by atoms with Crippen LogP contribution in [0.25, 0.3) is 17.2 Å². The van der Waals surface area contributed by atoms with Crippen LogP contribution >= 0.6 is 0 Å². The van der Waals surface area contributed by atoms with E-state index < -0.39 is 11.9 Å². The number of primary amides is 1. The summed E-state index contributed by atoms with van der Waals surface area (Å²) >= 11 is 0. The minimum absolute atomic E-state index is 0.0962. The van der Waals surface area contributed by atoms with Gasteiger partial charge in [0.2, 0.25) is 5.91 Å². The van der Waals surface area contributed by atoms with Gasteiger partial charge < -0.3 is 15.2 Å². The Kier molecular flexibility index (Phi) is 8.01. The summed E-state index contributed by atoms with van der Waals surface area (Å²) in [5, 5.41) is 0. The molecule has 5 nitrogen and oxygen atoms in total. The summed E-state index contributed by atoms with van der Waals surface area (Å²) in [6.07, 6.45) is 3.83. The van der Waals surface area contributed by atoms with Gasteiger partial charge in [-0.25, -0.2) is 4.79 Å². The molecule has 0 heterocycles. The van der Waals surface area contributed by atoms with Crippen LogP contribution in [0.15, 0.2) is 78.4 Å². The fourth-order valence-electron chi connectivity index (χ4n) is 4.75. The summed E-state index contributed by atoms with van der Waals surface area (Å²) < 4.78 is 10.9. The molecular weight excluding hydrogens is 450 g/mol. The van der Waals surface area contributed by atoms with Crippen molar-refractivity contribution in [2.75, 3.05) is 13.2 Å². The van der Waals surface area contributed by atoms with Crippen molar-refractivity contribution < 1.29 is 19.1 Å². The smallest absolute Gasteiger partial charge is 0.344 e. The van der Waals surface area contributed by atoms with Gasteiger partial charge in [0, 0.05) is 5.56 Å². The third-order valence-electron chi connectivity index (χ3n) is 6.26. The van der Waals surface area contributed by atoms with Crippen molar-refractivity contribution in [3.8, 4) is 5.75 Å². The Bertz CT molecular complexity index is 1320. The van der Waals surface area contributed by atoms with Crippen LogP contribution in [0.2, 0.25) is 0 Å². The lowest BCUT2D eigenvalue weighted by Gasteiger charge is -2.13. The zero-order chi connectivity index (χ0) is 25.5. The first kappa shape index (κ1) is 25.0. The molecule has 0 atom stereocenters. The van der Waals surface area contributed by atoms with Crippen molar-refractivity contribution >= 4 is 29.1 Å². The fourth-order valence-corrected chi connectivity index (χ4v) is 4.75. The van der Waals surface area contributed by atoms with Crippen molar-refractivity contribution in [2.45, 2.75) is 33.1 Å². The van der Waals surface area contributed by atoms with Crippen molar-refractivity contribution in [1.82, 2.24) is 0 Å². The van der Waals surface area contributed by atoms with E-state index in [2.05, 4.69) is 55.5 Å². The Hall–Kier alpha value is -4.12. The minimum Gasteiger partial charge on any atom is -0.481 e. The second-order valence-electron chi connectivity index (χ2n) is 8.65. The Balaban J connectivity index is 1.80. The van der Waals surface area contributed by atoms with Gasteiger partial charge >= 0.3 is 5.97 Å². The predicted molar refractivity (Wildman–Crippen MR) is 143 cm³/mol. The Labute approximate surface area is 212 Å². The van der Waals surface area contributed by atoms with Gasteiger partial charge in [0.25, 0.3) is 0 Å². The summed E-state index contributed by atoms with van der Waals surface area (Å²) in [7, 11) is 0. The van der Waals surface area contributed by atoms with Gasteiger partial charge in [-0.3, -0.25) is 4.79 Å². The number of hydrogen-bond donors (Lipinski definition) is 1. The second kappa shape index (κ2) is 11.5. The van der Waals surface area contributed by atoms with Gasteiger partial charge in [0.15, 0.2) is 6.61 Å². The average Bonchev–Trinajstić information content (AvgIpc) is 3.17. The highest BCUT2D eigenvalue weighted by Gasteiger charge is 2.29. The van der Waals surface area contributed by atoms with Crippen LogP contribution in [-0.4, -0.2) is 25.1 Å². The lowest BCUT2D eigenvalue weighted by Crippen LogP contribution is -2.15. The molecule has 36 heavy (non-hydrogen) atoms. The molecule has 5 heteroatoms. The van der Waals surface area contributed by atoms with E-state index in [1.807, 2.05) is 30.3 Å². The monoisotopic (exact) mass is 481 g/mol. The molecule has 1 aliphatic carbocycles. The zero-order valence-corrected chi connectivity index (χ0v) is 20.8.